The molecule has 4 heteroatoms. The minimum absolute atomic E-state index is 0.0453. The van der Waals surface area contributed by atoms with Crippen LogP contribution in [-0.2, 0) is 0 Å². The van der Waals surface area contributed by atoms with Gasteiger partial charge in [-0.15, -0.1) is 12.6 Å². The van der Waals surface area contributed by atoms with Crippen molar-refractivity contribution in [2.24, 2.45) is 0 Å². The second kappa shape index (κ2) is 5.92. The van der Waals surface area contributed by atoms with Crippen molar-refractivity contribution < 1.29 is 9.90 Å². The van der Waals surface area contributed by atoms with E-state index in [9.17, 15) is 9.90 Å². The maximum Gasteiger partial charge on any atom is 0.251 e. The number of thiol groups is 1. The number of carbonyl (C=O) groups is 1. The first-order chi connectivity index (χ1) is 7.49. The lowest BCUT2D eigenvalue weighted by Crippen LogP contribution is -2.34. The van der Waals surface area contributed by atoms with Crippen molar-refractivity contribution in [2.45, 2.75) is 37.3 Å². The van der Waals surface area contributed by atoms with E-state index < -0.39 is 6.10 Å². The summed E-state index contributed by atoms with van der Waals surface area (Å²) in [4.78, 5) is 12.5. The van der Waals surface area contributed by atoms with Crippen LogP contribution in [0.4, 0.5) is 0 Å². The number of aliphatic hydroxyl groups is 1. The number of aliphatic hydroxyl groups excluding tert-OH is 1. The molecule has 2 unspecified atom stereocenters. The van der Waals surface area contributed by atoms with Crippen molar-refractivity contribution in [1.29, 1.82) is 0 Å². The predicted molar refractivity (Wildman–Crippen MR) is 66.9 cm³/mol. The van der Waals surface area contributed by atoms with Gasteiger partial charge in [-0.1, -0.05) is 6.07 Å². The molecule has 2 atom stereocenters. The van der Waals surface area contributed by atoms with Gasteiger partial charge in [-0.3, -0.25) is 4.79 Å². The lowest BCUT2D eigenvalue weighted by Gasteiger charge is -2.15. The summed E-state index contributed by atoms with van der Waals surface area (Å²) in [6.45, 7) is 3.58. The topological polar surface area (TPSA) is 49.3 Å². The summed E-state index contributed by atoms with van der Waals surface area (Å²) in [6.07, 6.45) is 0.137. The summed E-state index contributed by atoms with van der Waals surface area (Å²) < 4.78 is 0. The van der Waals surface area contributed by atoms with Crippen LogP contribution >= 0.6 is 12.6 Å². The van der Waals surface area contributed by atoms with Gasteiger partial charge in [0.1, 0.15) is 0 Å². The molecule has 0 spiro atoms. The second-order valence-electron chi connectivity index (χ2n) is 4.01. The summed E-state index contributed by atoms with van der Waals surface area (Å²) in [7, 11) is 0. The molecule has 16 heavy (non-hydrogen) atoms. The van der Waals surface area contributed by atoms with E-state index in [1.54, 1.807) is 25.1 Å². The quantitative estimate of drug-likeness (QED) is 0.702. The van der Waals surface area contributed by atoms with Crippen LogP contribution in [-0.4, -0.2) is 23.2 Å². The lowest BCUT2D eigenvalue weighted by molar-refractivity contribution is 0.0923. The van der Waals surface area contributed by atoms with Crippen LogP contribution in [0.3, 0.4) is 0 Å². The average Bonchev–Trinajstić information content (AvgIpc) is 2.16. The Kier molecular flexibility index (Phi) is 4.83. The smallest absolute Gasteiger partial charge is 0.251 e. The molecular weight excluding hydrogens is 222 g/mol. The molecule has 0 aliphatic heterocycles. The monoisotopic (exact) mass is 239 g/mol. The van der Waals surface area contributed by atoms with Crippen molar-refractivity contribution in [2.75, 3.05) is 0 Å². The molecule has 0 heterocycles. The fourth-order valence-corrected chi connectivity index (χ4v) is 1.75. The first kappa shape index (κ1) is 13.1. The number of hydrogen-bond acceptors (Lipinski definition) is 3. The minimum atomic E-state index is -0.411. The molecule has 1 amide bonds. The second-order valence-corrected chi connectivity index (χ2v) is 4.53. The van der Waals surface area contributed by atoms with Crippen molar-refractivity contribution >= 4 is 18.5 Å². The number of nitrogens with one attached hydrogen (secondary N) is 1. The third-order valence-electron chi connectivity index (χ3n) is 2.18. The molecule has 1 aromatic rings. The number of rotatable bonds is 4. The highest BCUT2D eigenvalue weighted by Crippen LogP contribution is 2.09. The molecule has 0 radical (unpaired) electrons. The average molecular weight is 239 g/mol. The largest absolute Gasteiger partial charge is 0.393 e. The highest BCUT2D eigenvalue weighted by atomic mass is 32.1. The Balaban J connectivity index is 2.59. The summed E-state index contributed by atoms with van der Waals surface area (Å²) in [6, 6.07) is 7.02. The molecule has 2 N–H and O–H groups in total. The van der Waals surface area contributed by atoms with Crippen LogP contribution in [0.15, 0.2) is 29.2 Å². The Morgan fingerprint density at radius 1 is 1.50 bits per heavy atom. The van der Waals surface area contributed by atoms with E-state index in [0.717, 1.165) is 4.90 Å². The Hall–Kier alpha value is -1.00. The molecule has 0 aromatic heterocycles. The van der Waals surface area contributed by atoms with E-state index in [0.29, 0.717) is 12.0 Å². The highest BCUT2D eigenvalue weighted by Gasteiger charge is 2.11. The van der Waals surface area contributed by atoms with Gasteiger partial charge in [0.25, 0.3) is 5.91 Å². The van der Waals surface area contributed by atoms with E-state index in [1.165, 1.54) is 0 Å². The Morgan fingerprint density at radius 2 is 2.19 bits per heavy atom. The molecule has 3 nitrogen and oxygen atoms in total. The van der Waals surface area contributed by atoms with Crippen LogP contribution in [0.5, 0.6) is 0 Å². The molecular formula is C12H17NO2S. The van der Waals surface area contributed by atoms with Crippen LogP contribution in [0.25, 0.3) is 0 Å². The molecule has 0 aliphatic rings. The number of hydrogen-bond donors (Lipinski definition) is 3. The Labute approximate surface area is 101 Å². The third-order valence-corrected chi connectivity index (χ3v) is 2.46. The van der Waals surface area contributed by atoms with Crippen LogP contribution in [0.2, 0.25) is 0 Å². The normalized spacial score (nSPS) is 14.2. The maximum absolute atomic E-state index is 11.8. The van der Waals surface area contributed by atoms with Crippen LogP contribution < -0.4 is 5.32 Å². The SMILES string of the molecule is CC(O)CC(C)NC(=O)c1cccc(S)c1. The fourth-order valence-electron chi connectivity index (χ4n) is 1.52. The zero-order chi connectivity index (χ0) is 12.1. The standard InChI is InChI=1S/C12H17NO2S/c1-8(6-9(2)14)13-12(15)10-4-3-5-11(16)7-10/h3-5,7-9,14,16H,6H2,1-2H3,(H,13,15). The Bertz CT molecular complexity index is 366. The molecule has 88 valence electrons. The molecule has 0 saturated carbocycles. The van der Waals surface area contributed by atoms with E-state index >= 15 is 0 Å². The number of benzene rings is 1. The van der Waals surface area contributed by atoms with Crippen molar-refractivity contribution in [3.8, 4) is 0 Å². The maximum atomic E-state index is 11.8. The first-order valence-corrected chi connectivity index (χ1v) is 5.71. The van der Waals surface area contributed by atoms with Crippen molar-refractivity contribution in [3.05, 3.63) is 29.8 Å². The van der Waals surface area contributed by atoms with Gasteiger partial charge in [0, 0.05) is 16.5 Å². The van der Waals surface area contributed by atoms with Gasteiger partial charge < -0.3 is 10.4 Å². The van der Waals surface area contributed by atoms with E-state index in [-0.39, 0.29) is 11.9 Å². The van der Waals surface area contributed by atoms with Crippen LogP contribution in [0, 0.1) is 0 Å². The first-order valence-electron chi connectivity index (χ1n) is 5.27. The Morgan fingerprint density at radius 3 is 2.75 bits per heavy atom. The predicted octanol–water partition coefficient (Wildman–Crippen LogP) is 1.86. The van der Waals surface area contributed by atoms with Gasteiger partial charge in [-0.2, -0.15) is 0 Å². The van der Waals surface area contributed by atoms with Gasteiger partial charge in [0.2, 0.25) is 0 Å². The zero-order valence-electron chi connectivity index (χ0n) is 9.47. The molecule has 0 fully saturated rings. The fraction of sp³-hybridized carbons (Fsp3) is 0.417. The van der Waals surface area contributed by atoms with Crippen LogP contribution in [0.1, 0.15) is 30.6 Å². The molecule has 1 rings (SSSR count). The van der Waals surface area contributed by atoms with Crippen molar-refractivity contribution in [3.63, 3.8) is 0 Å². The number of carbonyl (C=O) groups excluding carboxylic acids is 1. The van der Waals surface area contributed by atoms with Gasteiger partial charge in [-0.05, 0) is 38.5 Å². The van der Waals surface area contributed by atoms with Gasteiger partial charge in [0.05, 0.1) is 6.10 Å². The van der Waals surface area contributed by atoms with Gasteiger partial charge in [0.15, 0.2) is 0 Å². The lowest BCUT2D eigenvalue weighted by atomic mass is 10.1. The van der Waals surface area contributed by atoms with E-state index in [1.807, 2.05) is 13.0 Å². The zero-order valence-corrected chi connectivity index (χ0v) is 10.4. The van der Waals surface area contributed by atoms with Crippen molar-refractivity contribution in [1.82, 2.24) is 5.32 Å². The molecule has 0 aliphatic carbocycles. The number of amides is 1. The molecule has 1 aromatic carbocycles. The minimum Gasteiger partial charge on any atom is -0.393 e. The summed E-state index contributed by atoms with van der Waals surface area (Å²) in [5.74, 6) is -0.135. The summed E-state index contributed by atoms with van der Waals surface area (Å²) in [5, 5.41) is 12.0. The van der Waals surface area contributed by atoms with E-state index in [4.69, 9.17) is 0 Å². The summed E-state index contributed by atoms with van der Waals surface area (Å²) >= 11 is 4.17. The summed E-state index contributed by atoms with van der Waals surface area (Å²) in [5.41, 5.74) is 0.588. The highest BCUT2D eigenvalue weighted by molar-refractivity contribution is 7.80. The van der Waals surface area contributed by atoms with Gasteiger partial charge in [-0.25, -0.2) is 0 Å². The van der Waals surface area contributed by atoms with Gasteiger partial charge >= 0.3 is 0 Å². The molecule has 0 bridgehead atoms. The third kappa shape index (κ3) is 4.24. The molecule has 0 saturated heterocycles. The van der Waals surface area contributed by atoms with E-state index in [2.05, 4.69) is 17.9 Å².